The summed E-state index contributed by atoms with van der Waals surface area (Å²) in [4.78, 5) is 2.01. The van der Waals surface area contributed by atoms with Crippen molar-refractivity contribution in [2.45, 2.75) is 19.9 Å². The van der Waals surface area contributed by atoms with E-state index in [9.17, 15) is 0 Å². The summed E-state index contributed by atoms with van der Waals surface area (Å²) in [7, 11) is 3.84. The highest BCUT2D eigenvalue weighted by Crippen LogP contribution is 2.25. The lowest BCUT2D eigenvalue weighted by atomic mass is 10.1. The molecule has 0 bridgehead atoms. The fourth-order valence-corrected chi connectivity index (χ4v) is 2.56. The number of aryl methyl sites for hydroxylation is 2. The van der Waals surface area contributed by atoms with Crippen LogP contribution in [0.3, 0.4) is 0 Å². The van der Waals surface area contributed by atoms with Crippen LogP contribution in [-0.2, 0) is 20.0 Å². The van der Waals surface area contributed by atoms with E-state index in [1.54, 1.807) is 0 Å². The zero-order valence-corrected chi connectivity index (χ0v) is 12.6. The Morgan fingerprint density at radius 3 is 2.70 bits per heavy atom. The first-order valence-electron chi connectivity index (χ1n) is 6.49. The van der Waals surface area contributed by atoms with Gasteiger partial charge in [-0.1, -0.05) is 30.7 Å². The van der Waals surface area contributed by atoms with Crippen LogP contribution in [0.4, 0.5) is 5.69 Å². The van der Waals surface area contributed by atoms with E-state index in [4.69, 9.17) is 16.9 Å². The molecule has 0 aliphatic rings. The number of rotatable bonds is 4. The third-order valence-corrected chi connectivity index (χ3v) is 3.76. The standard InChI is InChI=1S/C15H17ClN4/c1-4-12-15(16)14(20(3)18-12)10-19(2)13-8-6-5-7-11(13)9-17/h5-8H,4,10H2,1-3H3. The molecule has 0 spiro atoms. The number of nitriles is 1. The molecule has 0 amide bonds. The van der Waals surface area contributed by atoms with E-state index in [1.807, 2.05) is 54.9 Å². The van der Waals surface area contributed by atoms with Crippen molar-refractivity contribution in [2.75, 3.05) is 11.9 Å². The van der Waals surface area contributed by atoms with Crippen LogP contribution >= 0.6 is 11.6 Å². The monoisotopic (exact) mass is 288 g/mol. The first-order chi connectivity index (χ1) is 9.58. The van der Waals surface area contributed by atoms with Crippen molar-refractivity contribution in [1.82, 2.24) is 9.78 Å². The van der Waals surface area contributed by atoms with Gasteiger partial charge in [0, 0.05) is 14.1 Å². The molecule has 0 N–H and O–H groups in total. The molecule has 104 valence electrons. The van der Waals surface area contributed by atoms with Gasteiger partial charge < -0.3 is 4.90 Å². The van der Waals surface area contributed by atoms with Crippen LogP contribution in [0.2, 0.25) is 5.02 Å². The molecule has 0 aliphatic heterocycles. The summed E-state index contributed by atoms with van der Waals surface area (Å²) in [6.07, 6.45) is 0.811. The second-order valence-corrected chi connectivity index (χ2v) is 5.05. The highest BCUT2D eigenvalue weighted by molar-refractivity contribution is 6.31. The summed E-state index contributed by atoms with van der Waals surface area (Å²) in [5.74, 6) is 0. The fourth-order valence-electron chi connectivity index (χ4n) is 2.20. The summed E-state index contributed by atoms with van der Waals surface area (Å²) < 4.78 is 1.81. The Kier molecular flexibility index (Phi) is 4.31. The van der Waals surface area contributed by atoms with Gasteiger partial charge in [-0.2, -0.15) is 10.4 Å². The van der Waals surface area contributed by atoms with Crippen LogP contribution in [0.5, 0.6) is 0 Å². The maximum absolute atomic E-state index is 9.16. The summed E-state index contributed by atoms with van der Waals surface area (Å²) >= 11 is 6.36. The number of para-hydroxylation sites is 1. The molecule has 0 fully saturated rings. The smallest absolute Gasteiger partial charge is 0.101 e. The topological polar surface area (TPSA) is 44.9 Å². The van der Waals surface area contributed by atoms with Crippen molar-refractivity contribution in [3.8, 4) is 6.07 Å². The predicted octanol–water partition coefficient (Wildman–Crippen LogP) is 3.14. The summed E-state index contributed by atoms with van der Waals surface area (Å²) in [5, 5.41) is 14.3. The second kappa shape index (κ2) is 5.98. The second-order valence-electron chi connectivity index (χ2n) is 4.67. The number of aromatic nitrogens is 2. The molecule has 4 nitrogen and oxygen atoms in total. The van der Waals surface area contributed by atoms with Gasteiger partial charge >= 0.3 is 0 Å². The van der Waals surface area contributed by atoms with E-state index in [2.05, 4.69) is 11.2 Å². The van der Waals surface area contributed by atoms with Gasteiger partial charge in [0.25, 0.3) is 0 Å². The molecule has 1 aromatic heterocycles. The molecular formula is C15H17ClN4. The summed E-state index contributed by atoms with van der Waals surface area (Å²) in [6, 6.07) is 9.75. The first kappa shape index (κ1) is 14.4. The largest absolute Gasteiger partial charge is 0.368 e. The van der Waals surface area contributed by atoms with Crippen molar-refractivity contribution in [3.63, 3.8) is 0 Å². The third kappa shape index (κ3) is 2.63. The van der Waals surface area contributed by atoms with E-state index >= 15 is 0 Å². The minimum absolute atomic E-state index is 0.612. The van der Waals surface area contributed by atoms with Crippen molar-refractivity contribution < 1.29 is 0 Å². The average Bonchev–Trinajstić information content (AvgIpc) is 2.74. The van der Waals surface area contributed by atoms with Crippen molar-refractivity contribution >= 4 is 17.3 Å². The van der Waals surface area contributed by atoms with Gasteiger partial charge in [0.05, 0.1) is 34.2 Å². The van der Waals surface area contributed by atoms with E-state index in [1.165, 1.54) is 0 Å². The zero-order chi connectivity index (χ0) is 14.7. The Morgan fingerprint density at radius 2 is 2.10 bits per heavy atom. The van der Waals surface area contributed by atoms with Gasteiger partial charge in [0.1, 0.15) is 6.07 Å². The fraction of sp³-hybridized carbons (Fsp3) is 0.333. The Morgan fingerprint density at radius 1 is 1.40 bits per heavy atom. The van der Waals surface area contributed by atoms with Gasteiger partial charge in [-0.3, -0.25) is 4.68 Å². The minimum Gasteiger partial charge on any atom is -0.368 e. The van der Waals surface area contributed by atoms with Crippen LogP contribution in [-0.4, -0.2) is 16.8 Å². The zero-order valence-electron chi connectivity index (χ0n) is 11.9. The number of anilines is 1. The Balaban J connectivity index is 2.31. The average molecular weight is 289 g/mol. The number of hydrogen-bond acceptors (Lipinski definition) is 3. The number of nitrogens with zero attached hydrogens (tertiary/aromatic N) is 4. The molecule has 1 aromatic carbocycles. The quantitative estimate of drug-likeness (QED) is 0.868. The molecule has 0 aliphatic carbocycles. The van der Waals surface area contributed by atoms with Crippen LogP contribution in [0, 0.1) is 11.3 Å². The van der Waals surface area contributed by atoms with Gasteiger partial charge in [0.2, 0.25) is 0 Å². The predicted molar refractivity (Wildman–Crippen MR) is 80.9 cm³/mol. The van der Waals surface area contributed by atoms with Gasteiger partial charge in [-0.25, -0.2) is 0 Å². The Bertz CT molecular complexity index is 654. The molecule has 0 unspecified atom stereocenters. The SMILES string of the molecule is CCc1nn(C)c(CN(C)c2ccccc2C#N)c1Cl. The molecule has 0 radical (unpaired) electrons. The lowest BCUT2D eigenvalue weighted by molar-refractivity contribution is 0.689. The summed E-state index contributed by atoms with van der Waals surface area (Å²) in [5.41, 5.74) is 3.42. The molecule has 5 heteroatoms. The van der Waals surface area contributed by atoms with Crippen LogP contribution < -0.4 is 4.90 Å². The number of hydrogen-bond donors (Lipinski definition) is 0. The normalized spacial score (nSPS) is 10.3. The van der Waals surface area contributed by atoms with E-state index < -0.39 is 0 Å². The molecule has 0 saturated carbocycles. The molecular weight excluding hydrogens is 272 g/mol. The Labute approximate surface area is 124 Å². The van der Waals surface area contributed by atoms with E-state index in [0.29, 0.717) is 12.1 Å². The molecule has 2 rings (SSSR count). The highest BCUT2D eigenvalue weighted by Gasteiger charge is 2.16. The number of benzene rings is 1. The van der Waals surface area contributed by atoms with Crippen LogP contribution in [0.1, 0.15) is 23.9 Å². The minimum atomic E-state index is 0.612. The molecule has 0 saturated heterocycles. The van der Waals surface area contributed by atoms with E-state index in [-0.39, 0.29) is 0 Å². The van der Waals surface area contributed by atoms with Crippen molar-refractivity contribution in [2.24, 2.45) is 7.05 Å². The van der Waals surface area contributed by atoms with Gasteiger partial charge in [0.15, 0.2) is 0 Å². The van der Waals surface area contributed by atoms with Crippen molar-refractivity contribution in [3.05, 3.63) is 46.2 Å². The van der Waals surface area contributed by atoms with E-state index in [0.717, 1.165) is 28.5 Å². The third-order valence-electron chi connectivity index (χ3n) is 3.33. The lowest BCUT2D eigenvalue weighted by Crippen LogP contribution is -2.19. The molecule has 0 atom stereocenters. The lowest BCUT2D eigenvalue weighted by Gasteiger charge is -2.20. The molecule has 20 heavy (non-hydrogen) atoms. The highest BCUT2D eigenvalue weighted by atomic mass is 35.5. The number of halogens is 1. The maximum Gasteiger partial charge on any atom is 0.101 e. The molecule has 1 heterocycles. The van der Waals surface area contributed by atoms with Crippen LogP contribution in [0.15, 0.2) is 24.3 Å². The van der Waals surface area contributed by atoms with Gasteiger partial charge in [-0.05, 0) is 18.6 Å². The van der Waals surface area contributed by atoms with Gasteiger partial charge in [-0.15, -0.1) is 0 Å². The molecule has 2 aromatic rings. The van der Waals surface area contributed by atoms with Crippen molar-refractivity contribution in [1.29, 1.82) is 5.26 Å². The first-order valence-corrected chi connectivity index (χ1v) is 6.86. The maximum atomic E-state index is 9.16. The Hall–Kier alpha value is -1.99. The van der Waals surface area contributed by atoms with Crippen LogP contribution in [0.25, 0.3) is 0 Å². The summed E-state index contributed by atoms with van der Waals surface area (Å²) in [6.45, 7) is 2.65.